The van der Waals surface area contributed by atoms with Gasteiger partial charge in [0.1, 0.15) is 17.5 Å². The Bertz CT molecular complexity index is 607. The second-order valence-corrected chi connectivity index (χ2v) is 5.48. The van der Waals surface area contributed by atoms with Crippen molar-refractivity contribution >= 4 is 0 Å². The van der Waals surface area contributed by atoms with Crippen LogP contribution in [-0.4, -0.2) is 0 Å². The van der Waals surface area contributed by atoms with Crippen LogP contribution in [0.25, 0.3) is 11.1 Å². The quantitative estimate of drug-likeness (QED) is 0.716. The van der Waals surface area contributed by atoms with Crippen molar-refractivity contribution in [2.45, 2.75) is 27.2 Å². The minimum Gasteiger partial charge on any atom is -0.207 e. The molecule has 0 radical (unpaired) electrons. The molecular formula is C17H17F3. The van der Waals surface area contributed by atoms with Crippen molar-refractivity contribution in [1.29, 1.82) is 0 Å². The highest BCUT2D eigenvalue weighted by atomic mass is 19.1. The van der Waals surface area contributed by atoms with E-state index in [9.17, 15) is 13.2 Å². The molecule has 0 N–H and O–H groups in total. The first kappa shape index (κ1) is 14.6. The molecule has 0 nitrogen and oxygen atoms in total. The van der Waals surface area contributed by atoms with Crippen LogP contribution >= 0.6 is 0 Å². The van der Waals surface area contributed by atoms with E-state index in [4.69, 9.17) is 0 Å². The predicted molar refractivity (Wildman–Crippen MR) is 75.0 cm³/mol. The van der Waals surface area contributed by atoms with E-state index < -0.39 is 17.5 Å². The van der Waals surface area contributed by atoms with Crippen LogP contribution in [0.2, 0.25) is 0 Å². The average molecular weight is 278 g/mol. The zero-order valence-corrected chi connectivity index (χ0v) is 11.8. The highest BCUT2D eigenvalue weighted by Crippen LogP contribution is 2.27. The van der Waals surface area contributed by atoms with Crippen molar-refractivity contribution in [3.63, 3.8) is 0 Å². The van der Waals surface area contributed by atoms with E-state index in [2.05, 4.69) is 13.8 Å². The summed E-state index contributed by atoms with van der Waals surface area (Å²) >= 11 is 0. The molecule has 0 amide bonds. The van der Waals surface area contributed by atoms with E-state index in [1.54, 1.807) is 12.1 Å². The van der Waals surface area contributed by atoms with Gasteiger partial charge in [0.2, 0.25) is 0 Å². The lowest BCUT2D eigenvalue weighted by Gasteiger charge is -2.09. The van der Waals surface area contributed by atoms with Crippen LogP contribution in [0.1, 0.15) is 25.0 Å². The Labute approximate surface area is 117 Å². The third-order valence-corrected chi connectivity index (χ3v) is 3.27. The SMILES string of the molecule is Cc1c(F)cc(-c2ccc(CC(C)C)cc2F)cc1F. The first-order valence-electron chi connectivity index (χ1n) is 6.63. The van der Waals surface area contributed by atoms with E-state index >= 15 is 0 Å². The van der Waals surface area contributed by atoms with Gasteiger partial charge < -0.3 is 0 Å². The lowest BCUT2D eigenvalue weighted by Crippen LogP contribution is -1.97. The molecule has 0 unspecified atom stereocenters. The van der Waals surface area contributed by atoms with E-state index in [0.29, 0.717) is 5.92 Å². The molecule has 20 heavy (non-hydrogen) atoms. The molecule has 2 aromatic rings. The maximum absolute atomic E-state index is 14.1. The highest BCUT2D eigenvalue weighted by Gasteiger charge is 2.12. The first-order valence-corrected chi connectivity index (χ1v) is 6.63. The fourth-order valence-electron chi connectivity index (χ4n) is 2.19. The Hall–Kier alpha value is -1.77. The fourth-order valence-corrected chi connectivity index (χ4v) is 2.19. The van der Waals surface area contributed by atoms with Gasteiger partial charge in [-0.3, -0.25) is 0 Å². The van der Waals surface area contributed by atoms with Gasteiger partial charge in [0.05, 0.1) is 0 Å². The van der Waals surface area contributed by atoms with Gasteiger partial charge in [-0.1, -0.05) is 26.0 Å². The van der Waals surface area contributed by atoms with Crippen molar-refractivity contribution in [2.75, 3.05) is 0 Å². The van der Waals surface area contributed by atoms with Gasteiger partial charge in [-0.05, 0) is 48.6 Å². The van der Waals surface area contributed by atoms with Crippen LogP contribution in [-0.2, 0) is 6.42 Å². The molecule has 0 aliphatic heterocycles. The van der Waals surface area contributed by atoms with Gasteiger partial charge in [0.15, 0.2) is 0 Å². The minimum absolute atomic E-state index is 0.0504. The molecule has 0 saturated heterocycles. The van der Waals surface area contributed by atoms with Gasteiger partial charge in [-0.2, -0.15) is 0 Å². The monoisotopic (exact) mass is 278 g/mol. The molecule has 3 heteroatoms. The number of halogens is 3. The Morgan fingerprint density at radius 3 is 2.00 bits per heavy atom. The molecule has 0 bridgehead atoms. The molecule has 2 rings (SSSR count). The third-order valence-electron chi connectivity index (χ3n) is 3.27. The Kier molecular flexibility index (Phi) is 4.17. The van der Waals surface area contributed by atoms with E-state index in [1.807, 2.05) is 0 Å². The molecule has 0 fully saturated rings. The largest absolute Gasteiger partial charge is 0.207 e. The third kappa shape index (κ3) is 3.03. The summed E-state index contributed by atoms with van der Waals surface area (Å²) in [4.78, 5) is 0. The van der Waals surface area contributed by atoms with Gasteiger partial charge >= 0.3 is 0 Å². The standard InChI is InChI=1S/C17H17F3/c1-10(2)6-12-4-5-14(17(20)7-12)13-8-15(18)11(3)16(19)9-13/h4-5,7-10H,6H2,1-3H3. The van der Waals surface area contributed by atoms with Crippen LogP contribution in [0.15, 0.2) is 30.3 Å². The number of hydrogen-bond acceptors (Lipinski definition) is 0. The van der Waals surface area contributed by atoms with Crippen molar-refractivity contribution in [1.82, 2.24) is 0 Å². The summed E-state index contributed by atoms with van der Waals surface area (Å²) in [6, 6.07) is 7.15. The van der Waals surface area contributed by atoms with Crippen molar-refractivity contribution in [3.05, 3.63) is 58.9 Å². The predicted octanol–water partition coefficient (Wildman–Crippen LogP) is 5.28. The molecule has 0 aromatic heterocycles. The Balaban J connectivity index is 2.43. The second kappa shape index (κ2) is 5.70. The average Bonchev–Trinajstić information content (AvgIpc) is 2.34. The van der Waals surface area contributed by atoms with E-state index in [-0.39, 0.29) is 16.7 Å². The maximum atomic E-state index is 14.1. The van der Waals surface area contributed by atoms with Crippen LogP contribution in [0, 0.1) is 30.3 Å². The molecule has 0 aliphatic rings. The van der Waals surface area contributed by atoms with E-state index in [0.717, 1.165) is 12.0 Å². The minimum atomic E-state index is -0.661. The topological polar surface area (TPSA) is 0 Å². The molecular weight excluding hydrogens is 261 g/mol. The second-order valence-electron chi connectivity index (χ2n) is 5.48. The summed E-state index contributed by atoms with van der Waals surface area (Å²) < 4.78 is 41.2. The molecule has 0 heterocycles. The van der Waals surface area contributed by atoms with Crippen molar-refractivity contribution in [3.8, 4) is 11.1 Å². The Morgan fingerprint density at radius 1 is 0.900 bits per heavy atom. The molecule has 0 atom stereocenters. The maximum Gasteiger partial charge on any atom is 0.131 e. The van der Waals surface area contributed by atoms with Gasteiger partial charge in [0, 0.05) is 11.1 Å². The summed E-state index contributed by atoms with van der Waals surface area (Å²) in [5.41, 5.74) is 1.27. The number of rotatable bonds is 3. The molecule has 0 spiro atoms. The summed E-state index contributed by atoms with van der Waals surface area (Å²) in [5.74, 6) is -1.35. The van der Waals surface area contributed by atoms with Crippen LogP contribution < -0.4 is 0 Å². The lowest BCUT2D eigenvalue weighted by atomic mass is 9.98. The van der Waals surface area contributed by atoms with Gasteiger partial charge in [0.25, 0.3) is 0 Å². The molecule has 0 saturated carbocycles. The number of benzene rings is 2. The smallest absolute Gasteiger partial charge is 0.131 e. The van der Waals surface area contributed by atoms with Crippen LogP contribution in [0.5, 0.6) is 0 Å². The summed E-state index contributed by atoms with van der Waals surface area (Å²) in [7, 11) is 0. The summed E-state index contributed by atoms with van der Waals surface area (Å²) in [6.45, 7) is 5.46. The van der Waals surface area contributed by atoms with Gasteiger partial charge in [-0.25, -0.2) is 13.2 Å². The Morgan fingerprint density at radius 2 is 1.50 bits per heavy atom. The summed E-state index contributed by atoms with van der Waals surface area (Å²) in [5, 5.41) is 0. The zero-order valence-electron chi connectivity index (χ0n) is 11.8. The molecule has 0 aliphatic carbocycles. The normalized spacial score (nSPS) is 11.2. The highest BCUT2D eigenvalue weighted by molar-refractivity contribution is 5.65. The van der Waals surface area contributed by atoms with Crippen molar-refractivity contribution < 1.29 is 13.2 Å². The first-order chi connectivity index (χ1) is 9.38. The van der Waals surface area contributed by atoms with Crippen LogP contribution in [0.4, 0.5) is 13.2 Å². The van der Waals surface area contributed by atoms with E-state index in [1.165, 1.54) is 25.1 Å². The zero-order chi connectivity index (χ0) is 14.9. The summed E-state index contributed by atoms with van der Waals surface area (Å²) in [6.07, 6.45) is 0.772. The fraction of sp³-hybridized carbons (Fsp3) is 0.294. The molecule has 106 valence electrons. The molecule has 2 aromatic carbocycles. The van der Waals surface area contributed by atoms with Gasteiger partial charge in [-0.15, -0.1) is 0 Å². The van der Waals surface area contributed by atoms with Crippen LogP contribution in [0.3, 0.4) is 0 Å². The number of hydrogen-bond donors (Lipinski definition) is 0. The van der Waals surface area contributed by atoms with Crippen molar-refractivity contribution in [2.24, 2.45) is 5.92 Å². The lowest BCUT2D eigenvalue weighted by molar-refractivity contribution is 0.568.